The van der Waals surface area contributed by atoms with Gasteiger partial charge in [-0.2, -0.15) is 0 Å². The number of rotatable bonds is 6. The molecular formula is C12H24N2O3. The summed E-state index contributed by atoms with van der Waals surface area (Å²) in [5.41, 5.74) is 5.44. The van der Waals surface area contributed by atoms with Crippen LogP contribution in [0.25, 0.3) is 0 Å². The summed E-state index contributed by atoms with van der Waals surface area (Å²) in [4.78, 5) is 11.8. The Hall–Kier alpha value is -0.650. The summed E-state index contributed by atoms with van der Waals surface area (Å²) < 4.78 is 10.7. The first-order valence-electron chi connectivity index (χ1n) is 6.15. The topological polar surface area (TPSA) is 73.6 Å². The molecule has 1 aliphatic heterocycles. The minimum Gasteiger partial charge on any atom is -0.378 e. The van der Waals surface area contributed by atoms with E-state index in [0.717, 1.165) is 6.42 Å². The lowest BCUT2D eigenvalue weighted by molar-refractivity contribution is -0.124. The molecule has 5 heteroatoms. The number of hydrogen-bond acceptors (Lipinski definition) is 4. The lowest BCUT2D eigenvalue weighted by Gasteiger charge is -2.26. The average molecular weight is 244 g/mol. The fourth-order valence-corrected chi connectivity index (χ4v) is 1.96. The lowest BCUT2D eigenvalue weighted by atomic mass is 10.0. The third-order valence-corrected chi connectivity index (χ3v) is 3.15. The number of amides is 1. The normalized spacial score (nSPS) is 26.2. The van der Waals surface area contributed by atoms with Gasteiger partial charge < -0.3 is 20.5 Å². The molecule has 100 valence electrons. The minimum atomic E-state index is -0.439. The number of carbonyl (C=O) groups is 1. The van der Waals surface area contributed by atoms with Gasteiger partial charge in [-0.3, -0.25) is 4.79 Å². The highest BCUT2D eigenvalue weighted by Crippen LogP contribution is 2.21. The highest BCUT2D eigenvalue weighted by atomic mass is 16.5. The van der Waals surface area contributed by atoms with Gasteiger partial charge in [-0.25, -0.2) is 0 Å². The van der Waals surface area contributed by atoms with Crippen molar-refractivity contribution in [2.24, 2.45) is 11.7 Å². The van der Waals surface area contributed by atoms with Crippen molar-refractivity contribution in [2.75, 3.05) is 26.9 Å². The standard InChI is InChI=1S/C12H24N2O3/c1-9(2)6-10(13)11(15)14-7-12(16-3)4-5-17-8-12/h9-10H,4-8,13H2,1-3H3,(H,14,15). The van der Waals surface area contributed by atoms with E-state index in [1.54, 1.807) is 7.11 Å². The Morgan fingerprint density at radius 3 is 2.76 bits per heavy atom. The molecule has 1 heterocycles. The van der Waals surface area contributed by atoms with Crippen molar-refractivity contribution in [1.82, 2.24) is 5.32 Å². The largest absolute Gasteiger partial charge is 0.378 e. The van der Waals surface area contributed by atoms with Gasteiger partial charge in [0.15, 0.2) is 0 Å². The maximum Gasteiger partial charge on any atom is 0.237 e. The molecule has 0 aromatic heterocycles. The third kappa shape index (κ3) is 4.26. The second kappa shape index (κ2) is 6.33. The van der Waals surface area contributed by atoms with Crippen LogP contribution in [0.2, 0.25) is 0 Å². The van der Waals surface area contributed by atoms with Gasteiger partial charge in [0.05, 0.1) is 12.6 Å². The van der Waals surface area contributed by atoms with E-state index < -0.39 is 6.04 Å². The Kier molecular flexibility index (Phi) is 5.36. The maximum atomic E-state index is 11.8. The van der Waals surface area contributed by atoms with Crippen molar-refractivity contribution >= 4 is 5.91 Å². The van der Waals surface area contributed by atoms with Gasteiger partial charge in [-0.05, 0) is 12.3 Å². The zero-order valence-electron chi connectivity index (χ0n) is 11.0. The number of ether oxygens (including phenoxy) is 2. The van der Waals surface area contributed by atoms with Crippen molar-refractivity contribution in [3.8, 4) is 0 Å². The van der Waals surface area contributed by atoms with E-state index in [1.807, 2.05) is 0 Å². The number of hydrogen-bond donors (Lipinski definition) is 2. The summed E-state index contributed by atoms with van der Waals surface area (Å²) in [6.07, 6.45) is 1.51. The summed E-state index contributed by atoms with van der Waals surface area (Å²) in [5.74, 6) is 0.309. The molecule has 0 bridgehead atoms. The molecule has 1 rings (SSSR count). The molecule has 3 N–H and O–H groups in total. The van der Waals surface area contributed by atoms with Gasteiger partial charge in [0.2, 0.25) is 5.91 Å². The van der Waals surface area contributed by atoms with Crippen molar-refractivity contribution < 1.29 is 14.3 Å². The van der Waals surface area contributed by atoms with Crippen LogP contribution in [0.5, 0.6) is 0 Å². The fourth-order valence-electron chi connectivity index (χ4n) is 1.96. The van der Waals surface area contributed by atoms with E-state index >= 15 is 0 Å². The van der Waals surface area contributed by atoms with E-state index in [1.165, 1.54) is 0 Å². The second-order valence-electron chi connectivity index (χ2n) is 5.14. The molecule has 2 unspecified atom stereocenters. The number of nitrogens with two attached hydrogens (primary N) is 1. The SMILES string of the molecule is COC1(CNC(=O)C(N)CC(C)C)CCOC1. The van der Waals surface area contributed by atoms with Crippen LogP contribution in [0.4, 0.5) is 0 Å². The monoisotopic (exact) mass is 244 g/mol. The molecule has 5 nitrogen and oxygen atoms in total. The van der Waals surface area contributed by atoms with Crippen LogP contribution < -0.4 is 11.1 Å². The molecular weight excluding hydrogens is 220 g/mol. The van der Waals surface area contributed by atoms with Crippen LogP contribution in [0, 0.1) is 5.92 Å². The minimum absolute atomic E-state index is 0.109. The molecule has 1 saturated heterocycles. The van der Waals surface area contributed by atoms with Crippen LogP contribution in [0.1, 0.15) is 26.7 Å². The van der Waals surface area contributed by atoms with Crippen LogP contribution in [-0.4, -0.2) is 44.4 Å². The zero-order chi connectivity index (χ0) is 12.9. The molecule has 1 amide bonds. The molecule has 17 heavy (non-hydrogen) atoms. The summed E-state index contributed by atoms with van der Waals surface area (Å²) >= 11 is 0. The molecule has 1 fully saturated rings. The molecule has 1 aliphatic rings. The predicted molar refractivity (Wildman–Crippen MR) is 65.6 cm³/mol. The van der Waals surface area contributed by atoms with Gasteiger partial charge in [0, 0.05) is 26.7 Å². The first-order valence-corrected chi connectivity index (χ1v) is 6.15. The van der Waals surface area contributed by atoms with Gasteiger partial charge in [0.25, 0.3) is 0 Å². The van der Waals surface area contributed by atoms with Gasteiger partial charge >= 0.3 is 0 Å². The Labute approximate surface area is 103 Å². The first kappa shape index (κ1) is 14.4. The van der Waals surface area contributed by atoms with Gasteiger partial charge in [-0.15, -0.1) is 0 Å². The molecule has 0 aliphatic carbocycles. The Morgan fingerprint density at radius 1 is 1.59 bits per heavy atom. The van der Waals surface area contributed by atoms with E-state index in [2.05, 4.69) is 19.2 Å². The molecule has 0 aromatic carbocycles. The molecule has 2 atom stereocenters. The lowest BCUT2D eigenvalue weighted by Crippen LogP contribution is -2.49. The quantitative estimate of drug-likeness (QED) is 0.704. The van der Waals surface area contributed by atoms with Gasteiger partial charge in [0.1, 0.15) is 5.60 Å². The van der Waals surface area contributed by atoms with Crippen molar-refractivity contribution in [2.45, 2.75) is 38.3 Å². The number of methoxy groups -OCH3 is 1. The maximum absolute atomic E-state index is 11.8. The highest BCUT2D eigenvalue weighted by Gasteiger charge is 2.35. The van der Waals surface area contributed by atoms with Crippen molar-refractivity contribution in [1.29, 1.82) is 0 Å². The number of carbonyl (C=O) groups excluding carboxylic acids is 1. The van der Waals surface area contributed by atoms with Crippen LogP contribution in [0.15, 0.2) is 0 Å². The fraction of sp³-hybridized carbons (Fsp3) is 0.917. The van der Waals surface area contributed by atoms with Crippen molar-refractivity contribution in [3.63, 3.8) is 0 Å². The van der Waals surface area contributed by atoms with Gasteiger partial charge in [-0.1, -0.05) is 13.8 Å². The smallest absolute Gasteiger partial charge is 0.237 e. The Morgan fingerprint density at radius 2 is 2.29 bits per heavy atom. The summed E-state index contributed by atoms with van der Waals surface area (Å²) in [6.45, 7) is 5.78. The molecule has 0 spiro atoms. The summed E-state index contributed by atoms with van der Waals surface area (Å²) in [5, 5.41) is 2.85. The highest BCUT2D eigenvalue weighted by molar-refractivity contribution is 5.81. The predicted octanol–water partition coefficient (Wildman–Crippen LogP) is 0.282. The van der Waals surface area contributed by atoms with Crippen LogP contribution in [-0.2, 0) is 14.3 Å². The second-order valence-corrected chi connectivity index (χ2v) is 5.14. The summed E-state index contributed by atoms with van der Waals surface area (Å²) in [6, 6.07) is -0.439. The summed E-state index contributed by atoms with van der Waals surface area (Å²) in [7, 11) is 1.65. The zero-order valence-corrected chi connectivity index (χ0v) is 11.0. The van der Waals surface area contributed by atoms with E-state index in [9.17, 15) is 4.79 Å². The first-order chi connectivity index (χ1) is 7.99. The Balaban J connectivity index is 2.36. The van der Waals surface area contributed by atoms with Crippen molar-refractivity contribution in [3.05, 3.63) is 0 Å². The van der Waals surface area contributed by atoms with E-state index in [-0.39, 0.29) is 11.5 Å². The molecule has 0 saturated carbocycles. The average Bonchev–Trinajstić information content (AvgIpc) is 2.74. The van der Waals surface area contributed by atoms with Crippen LogP contribution >= 0.6 is 0 Å². The molecule has 0 radical (unpaired) electrons. The third-order valence-electron chi connectivity index (χ3n) is 3.15. The van der Waals surface area contributed by atoms with Crippen LogP contribution in [0.3, 0.4) is 0 Å². The number of nitrogens with one attached hydrogen (secondary N) is 1. The Bertz CT molecular complexity index is 250. The van der Waals surface area contributed by atoms with E-state index in [4.69, 9.17) is 15.2 Å². The molecule has 0 aromatic rings. The van der Waals surface area contributed by atoms with E-state index in [0.29, 0.717) is 32.1 Å².